The van der Waals surface area contributed by atoms with Gasteiger partial charge >= 0.3 is 0 Å². The molecule has 0 bridgehead atoms. The highest BCUT2D eigenvalue weighted by atomic mass is 35.5. The third kappa shape index (κ3) is 4.30. The number of halogens is 2. The Bertz CT molecular complexity index is 762. The topological polar surface area (TPSA) is 42.4 Å². The van der Waals surface area contributed by atoms with E-state index < -0.39 is 0 Å². The Hall–Kier alpha value is -1.78. The first-order valence-electron chi connectivity index (χ1n) is 8.92. The summed E-state index contributed by atoms with van der Waals surface area (Å²) < 4.78 is 5.75. The van der Waals surface area contributed by atoms with Crippen LogP contribution in [0.15, 0.2) is 36.7 Å². The fourth-order valence-electron chi connectivity index (χ4n) is 3.32. The van der Waals surface area contributed by atoms with Crippen LogP contribution in [0.4, 0.5) is 0 Å². The number of rotatable bonds is 5. The minimum atomic E-state index is 0.0432. The zero-order valence-electron chi connectivity index (χ0n) is 14.8. The number of nitrogens with zero attached hydrogens (tertiary/aromatic N) is 2. The van der Waals surface area contributed by atoms with Gasteiger partial charge in [0.1, 0.15) is 6.61 Å². The van der Waals surface area contributed by atoms with Crippen molar-refractivity contribution in [3.63, 3.8) is 0 Å². The first-order valence-corrected chi connectivity index (χ1v) is 9.67. The number of para-hydroxylation sites is 1. The molecule has 4 nitrogen and oxygen atoms in total. The van der Waals surface area contributed by atoms with Crippen molar-refractivity contribution in [2.45, 2.75) is 45.3 Å². The van der Waals surface area contributed by atoms with Crippen LogP contribution in [-0.4, -0.2) is 28.4 Å². The van der Waals surface area contributed by atoms with Gasteiger partial charge in [0.2, 0.25) is 0 Å². The van der Waals surface area contributed by atoms with E-state index >= 15 is 0 Å². The van der Waals surface area contributed by atoms with E-state index in [0.29, 0.717) is 27.4 Å². The number of amides is 1. The Morgan fingerprint density at radius 1 is 1.27 bits per heavy atom. The molecule has 26 heavy (non-hydrogen) atoms. The molecule has 1 aliphatic heterocycles. The second-order valence-corrected chi connectivity index (χ2v) is 7.29. The molecule has 138 valence electrons. The number of likely N-dealkylation sites (tertiary alicyclic amines) is 1. The molecule has 6 heteroatoms. The lowest BCUT2D eigenvalue weighted by Gasteiger charge is -2.35. The summed E-state index contributed by atoms with van der Waals surface area (Å²) in [6.07, 6.45) is 7.61. The molecule has 1 fully saturated rings. The predicted molar refractivity (Wildman–Crippen MR) is 104 cm³/mol. The number of pyridine rings is 1. The summed E-state index contributed by atoms with van der Waals surface area (Å²) in [6.45, 7) is 3.19. The summed E-state index contributed by atoms with van der Waals surface area (Å²) in [4.78, 5) is 19.1. The monoisotopic (exact) mass is 392 g/mol. The van der Waals surface area contributed by atoms with Gasteiger partial charge in [-0.3, -0.25) is 9.78 Å². The molecule has 0 radical (unpaired) electrons. The van der Waals surface area contributed by atoms with E-state index in [1.165, 1.54) is 6.42 Å². The largest absolute Gasteiger partial charge is 0.486 e. The molecular weight excluding hydrogens is 371 g/mol. The van der Waals surface area contributed by atoms with Gasteiger partial charge in [0.05, 0.1) is 15.6 Å². The molecule has 1 aromatic carbocycles. The SMILES string of the molecule is CCC1CCCCN1C(=O)c1cncc(COc2c(Cl)cccc2Cl)c1. The minimum Gasteiger partial charge on any atom is -0.486 e. The summed E-state index contributed by atoms with van der Waals surface area (Å²) in [7, 11) is 0. The number of piperidine rings is 1. The van der Waals surface area contributed by atoms with Gasteiger partial charge in [-0.2, -0.15) is 0 Å². The Balaban J connectivity index is 1.72. The van der Waals surface area contributed by atoms with Crippen LogP contribution in [0, 0.1) is 0 Å². The van der Waals surface area contributed by atoms with Crippen LogP contribution in [0.1, 0.15) is 48.5 Å². The lowest BCUT2D eigenvalue weighted by molar-refractivity contribution is 0.0607. The van der Waals surface area contributed by atoms with Crippen molar-refractivity contribution in [2.24, 2.45) is 0 Å². The lowest BCUT2D eigenvalue weighted by Crippen LogP contribution is -2.43. The van der Waals surface area contributed by atoms with Crippen molar-refractivity contribution in [1.82, 2.24) is 9.88 Å². The number of benzene rings is 1. The molecule has 2 heterocycles. The highest BCUT2D eigenvalue weighted by Crippen LogP contribution is 2.33. The first-order chi connectivity index (χ1) is 12.6. The zero-order valence-corrected chi connectivity index (χ0v) is 16.3. The maximum Gasteiger partial charge on any atom is 0.255 e. The van der Waals surface area contributed by atoms with E-state index in [2.05, 4.69) is 11.9 Å². The molecule has 0 saturated carbocycles. The van der Waals surface area contributed by atoms with Crippen molar-refractivity contribution in [3.05, 3.63) is 57.8 Å². The Kier molecular flexibility index (Phi) is 6.38. The molecule has 1 saturated heterocycles. The second-order valence-electron chi connectivity index (χ2n) is 6.48. The second kappa shape index (κ2) is 8.74. The van der Waals surface area contributed by atoms with Gasteiger partial charge in [-0.05, 0) is 43.9 Å². The van der Waals surface area contributed by atoms with Gasteiger partial charge in [0.25, 0.3) is 5.91 Å². The predicted octanol–water partition coefficient (Wildman–Crippen LogP) is 5.37. The van der Waals surface area contributed by atoms with E-state index in [-0.39, 0.29) is 12.5 Å². The molecule has 3 rings (SSSR count). The number of hydrogen-bond donors (Lipinski definition) is 0. The molecule has 1 atom stereocenters. The van der Waals surface area contributed by atoms with E-state index in [1.54, 1.807) is 30.6 Å². The van der Waals surface area contributed by atoms with Gasteiger partial charge in [-0.25, -0.2) is 0 Å². The van der Waals surface area contributed by atoms with Gasteiger partial charge in [0.15, 0.2) is 5.75 Å². The molecule has 0 N–H and O–H groups in total. The van der Waals surface area contributed by atoms with E-state index in [4.69, 9.17) is 27.9 Å². The van der Waals surface area contributed by atoms with E-state index in [1.807, 2.05) is 11.0 Å². The first kappa shape index (κ1) is 19.0. The quantitative estimate of drug-likeness (QED) is 0.686. The van der Waals surface area contributed by atoms with Crippen LogP contribution < -0.4 is 4.74 Å². The fraction of sp³-hybridized carbons (Fsp3) is 0.400. The van der Waals surface area contributed by atoms with Crippen LogP contribution in [0.2, 0.25) is 10.0 Å². The number of hydrogen-bond acceptors (Lipinski definition) is 3. The molecule has 1 unspecified atom stereocenters. The van der Waals surface area contributed by atoms with Crippen LogP contribution >= 0.6 is 23.2 Å². The molecule has 1 amide bonds. The number of carbonyl (C=O) groups excluding carboxylic acids is 1. The normalized spacial score (nSPS) is 17.2. The van der Waals surface area contributed by atoms with Crippen molar-refractivity contribution >= 4 is 29.1 Å². The molecule has 1 aliphatic rings. The van der Waals surface area contributed by atoms with Crippen LogP contribution in [0.25, 0.3) is 0 Å². The molecule has 0 aliphatic carbocycles. The van der Waals surface area contributed by atoms with Crippen LogP contribution in [0.3, 0.4) is 0 Å². The van der Waals surface area contributed by atoms with Crippen LogP contribution in [0.5, 0.6) is 5.75 Å². The summed E-state index contributed by atoms with van der Waals surface area (Å²) in [5.41, 5.74) is 1.40. The van der Waals surface area contributed by atoms with E-state index in [0.717, 1.165) is 31.4 Å². The Morgan fingerprint density at radius 2 is 2.04 bits per heavy atom. The summed E-state index contributed by atoms with van der Waals surface area (Å²) >= 11 is 12.3. The standard InChI is InChI=1S/C20H22Cl2N2O2/c1-2-16-6-3-4-9-24(16)20(25)15-10-14(11-23-12-15)13-26-19-17(21)7-5-8-18(19)22/h5,7-8,10-12,16H,2-4,6,9,13H2,1H3. The van der Waals surface area contributed by atoms with Gasteiger partial charge in [-0.1, -0.05) is 36.2 Å². The lowest BCUT2D eigenvalue weighted by atomic mass is 9.99. The van der Waals surface area contributed by atoms with Gasteiger partial charge in [0, 0.05) is 30.5 Å². The summed E-state index contributed by atoms with van der Waals surface area (Å²) in [5, 5.41) is 0.911. The van der Waals surface area contributed by atoms with Crippen molar-refractivity contribution in [2.75, 3.05) is 6.54 Å². The third-order valence-electron chi connectivity index (χ3n) is 4.70. The molecule has 0 spiro atoms. The highest BCUT2D eigenvalue weighted by Gasteiger charge is 2.26. The van der Waals surface area contributed by atoms with Gasteiger partial charge in [-0.15, -0.1) is 0 Å². The summed E-state index contributed by atoms with van der Waals surface area (Å²) in [5.74, 6) is 0.483. The van der Waals surface area contributed by atoms with Crippen molar-refractivity contribution in [1.29, 1.82) is 0 Å². The molecular formula is C20H22Cl2N2O2. The molecule has 2 aromatic rings. The van der Waals surface area contributed by atoms with E-state index in [9.17, 15) is 4.79 Å². The number of ether oxygens (including phenoxy) is 1. The number of carbonyl (C=O) groups is 1. The third-order valence-corrected chi connectivity index (χ3v) is 5.30. The average molecular weight is 393 g/mol. The maximum absolute atomic E-state index is 12.9. The summed E-state index contributed by atoms with van der Waals surface area (Å²) in [6, 6.07) is 7.37. The fourth-order valence-corrected chi connectivity index (χ4v) is 3.82. The minimum absolute atomic E-state index is 0.0432. The molecule has 1 aromatic heterocycles. The van der Waals surface area contributed by atoms with Crippen LogP contribution in [-0.2, 0) is 6.61 Å². The van der Waals surface area contributed by atoms with Crippen molar-refractivity contribution in [3.8, 4) is 5.75 Å². The Morgan fingerprint density at radius 3 is 2.77 bits per heavy atom. The maximum atomic E-state index is 12.9. The average Bonchev–Trinajstić information content (AvgIpc) is 2.67. The van der Waals surface area contributed by atoms with Gasteiger partial charge < -0.3 is 9.64 Å². The smallest absolute Gasteiger partial charge is 0.255 e. The Labute approximate surface area is 164 Å². The highest BCUT2D eigenvalue weighted by molar-refractivity contribution is 6.37. The number of aromatic nitrogens is 1. The van der Waals surface area contributed by atoms with Crippen molar-refractivity contribution < 1.29 is 9.53 Å². The zero-order chi connectivity index (χ0) is 18.5.